The van der Waals surface area contributed by atoms with Crippen LogP contribution in [0.4, 0.5) is 4.39 Å². The highest BCUT2D eigenvalue weighted by Crippen LogP contribution is 2.36. The Labute approximate surface area is 138 Å². The van der Waals surface area contributed by atoms with Crippen molar-refractivity contribution in [3.8, 4) is 28.4 Å². The van der Waals surface area contributed by atoms with Gasteiger partial charge >= 0.3 is 0 Å². The fourth-order valence-corrected chi connectivity index (χ4v) is 2.59. The maximum Gasteiger partial charge on any atom is 0.231 e. The number of nitrogens with zero attached hydrogens (tertiary/aromatic N) is 2. The van der Waals surface area contributed by atoms with Crippen LogP contribution < -0.4 is 14.2 Å². The molecule has 0 bridgehead atoms. The first-order chi connectivity index (χ1) is 11.7. The van der Waals surface area contributed by atoms with Crippen molar-refractivity contribution < 1.29 is 18.6 Å². The zero-order chi connectivity index (χ0) is 16.5. The van der Waals surface area contributed by atoms with E-state index < -0.39 is 0 Å². The summed E-state index contributed by atoms with van der Waals surface area (Å²) in [5.74, 6) is 1.46. The molecule has 122 valence electrons. The molecule has 0 atom stereocenters. The summed E-state index contributed by atoms with van der Waals surface area (Å²) >= 11 is 0. The van der Waals surface area contributed by atoms with Crippen LogP contribution >= 0.6 is 0 Å². The number of aryl methyl sites for hydroxylation is 1. The fraction of sp³-hybridized carbons (Fsp3) is 0.167. The molecule has 6 heteroatoms. The Bertz CT molecular complexity index is 892. The number of ether oxygens (including phenoxy) is 3. The van der Waals surface area contributed by atoms with Gasteiger partial charge in [0.2, 0.25) is 6.79 Å². The molecule has 0 amide bonds. The average Bonchev–Trinajstić information content (AvgIpc) is 3.20. The lowest BCUT2D eigenvalue weighted by Crippen LogP contribution is -2.03. The van der Waals surface area contributed by atoms with Gasteiger partial charge in [0.15, 0.2) is 11.5 Å². The number of aromatic nitrogens is 2. The maximum absolute atomic E-state index is 14.0. The molecule has 1 aliphatic rings. The molecule has 5 nitrogen and oxygen atoms in total. The molecule has 24 heavy (non-hydrogen) atoms. The number of hydrogen-bond acceptors (Lipinski definition) is 4. The minimum Gasteiger partial charge on any atom is -0.487 e. The van der Waals surface area contributed by atoms with Crippen LogP contribution in [0, 0.1) is 5.82 Å². The summed E-state index contributed by atoms with van der Waals surface area (Å²) in [5.41, 5.74) is 2.46. The second-order valence-corrected chi connectivity index (χ2v) is 5.48. The topological polar surface area (TPSA) is 45.5 Å². The molecular formula is C18H15FN2O3. The van der Waals surface area contributed by atoms with Crippen molar-refractivity contribution in [1.82, 2.24) is 9.78 Å². The Hall–Kier alpha value is -3.02. The van der Waals surface area contributed by atoms with Crippen molar-refractivity contribution >= 4 is 0 Å². The first-order valence-electron chi connectivity index (χ1n) is 7.49. The van der Waals surface area contributed by atoms with Gasteiger partial charge in [-0.15, -0.1) is 0 Å². The summed E-state index contributed by atoms with van der Waals surface area (Å²) in [7, 11) is 1.84. The molecule has 2 heterocycles. The molecule has 0 N–H and O–H groups in total. The third kappa shape index (κ3) is 2.78. The Morgan fingerprint density at radius 2 is 1.96 bits per heavy atom. The van der Waals surface area contributed by atoms with Crippen LogP contribution in [-0.4, -0.2) is 16.6 Å². The highest BCUT2D eigenvalue weighted by Gasteiger charge is 2.14. The Morgan fingerprint density at radius 3 is 2.79 bits per heavy atom. The molecule has 4 rings (SSSR count). The number of rotatable bonds is 4. The van der Waals surface area contributed by atoms with E-state index in [0.29, 0.717) is 29.4 Å². The highest BCUT2D eigenvalue weighted by atomic mass is 19.1. The molecule has 1 aromatic heterocycles. The van der Waals surface area contributed by atoms with Crippen LogP contribution in [0.15, 0.2) is 48.7 Å². The molecule has 0 spiro atoms. The van der Waals surface area contributed by atoms with Gasteiger partial charge in [-0.25, -0.2) is 4.39 Å². The standard InChI is InChI=1S/C18H15FN2O3/c1-21-15(4-5-20-21)10-22-16-7-13(6-14(19)9-16)12-2-3-17-18(8-12)24-11-23-17/h2-9H,10-11H2,1H3. The van der Waals surface area contributed by atoms with E-state index in [1.165, 1.54) is 12.1 Å². The van der Waals surface area contributed by atoms with Gasteiger partial charge in [-0.3, -0.25) is 4.68 Å². The van der Waals surface area contributed by atoms with Gasteiger partial charge in [-0.2, -0.15) is 5.10 Å². The lowest BCUT2D eigenvalue weighted by Gasteiger charge is -2.10. The first kappa shape index (κ1) is 14.6. The monoisotopic (exact) mass is 326 g/mol. The minimum atomic E-state index is -0.356. The SMILES string of the molecule is Cn1nccc1COc1cc(F)cc(-c2ccc3c(c2)OCO3)c1. The largest absolute Gasteiger partial charge is 0.487 e. The van der Waals surface area contributed by atoms with Gasteiger partial charge in [-0.1, -0.05) is 6.07 Å². The normalized spacial score (nSPS) is 12.4. The van der Waals surface area contributed by atoms with Crippen molar-refractivity contribution in [2.45, 2.75) is 6.61 Å². The fourth-order valence-electron chi connectivity index (χ4n) is 2.59. The summed E-state index contributed by atoms with van der Waals surface area (Å²) in [6.45, 7) is 0.529. The van der Waals surface area contributed by atoms with E-state index in [4.69, 9.17) is 14.2 Å². The molecule has 1 aliphatic heterocycles. The van der Waals surface area contributed by atoms with E-state index in [2.05, 4.69) is 5.10 Å². The highest BCUT2D eigenvalue weighted by molar-refractivity contribution is 5.68. The van der Waals surface area contributed by atoms with E-state index in [1.807, 2.05) is 31.3 Å². The van der Waals surface area contributed by atoms with Gasteiger partial charge in [0.1, 0.15) is 18.2 Å². The van der Waals surface area contributed by atoms with Crippen LogP contribution in [0.1, 0.15) is 5.69 Å². The number of hydrogen-bond donors (Lipinski definition) is 0. The number of benzene rings is 2. The minimum absolute atomic E-state index is 0.209. The van der Waals surface area contributed by atoms with Crippen molar-refractivity contribution in [1.29, 1.82) is 0 Å². The van der Waals surface area contributed by atoms with E-state index in [-0.39, 0.29) is 12.6 Å². The number of halogens is 1. The Morgan fingerprint density at radius 1 is 1.08 bits per heavy atom. The summed E-state index contributed by atoms with van der Waals surface area (Å²) in [5, 5.41) is 4.08. The quantitative estimate of drug-likeness (QED) is 0.736. The lowest BCUT2D eigenvalue weighted by molar-refractivity contribution is 0.174. The lowest BCUT2D eigenvalue weighted by atomic mass is 10.0. The van der Waals surface area contributed by atoms with Crippen LogP contribution in [0.25, 0.3) is 11.1 Å². The van der Waals surface area contributed by atoms with Gasteiger partial charge in [0, 0.05) is 19.3 Å². The zero-order valence-corrected chi connectivity index (χ0v) is 13.0. The van der Waals surface area contributed by atoms with Crippen LogP contribution in [0.3, 0.4) is 0 Å². The van der Waals surface area contributed by atoms with Gasteiger partial charge in [0.25, 0.3) is 0 Å². The summed E-state index contributed by atoms with van der Waals surface area (Å²) < 4.78 is 32.1. The Balaban J connectivity index is 1.60. The van der Waals surface area contributed by atoms with Crippen molar-refractivity contribution in [2.75, 3.05) is 6.79 Å². The molecule has 0 aliphatic carbocycles. The van der Waals surface area contributed by atoms with Crippen LogP contribution in [0.2, 0.25) is 0 Å². The summed E-state index contributed by atoms with van der Waals surface area (Å²) in [6, 6.07) is 12.0. The van der Waals surface area contributed by atoms with Gasteiger partial charge in [0.05, 0.1) is 5.69 Å². The van der Waals surface area contributed by atoms with Crippen LogP contribution in [-0.2, 0) is 13.7 Å². The first-order valence-corrected chi connectivity index (χ1v) is 7.49. The van der Waals surface area contributed by atoms with Crippen LogP contribution in [0.5, 0.6) is 17.2 Å². The third-order valence-electron chi connectivity index (χ3n) is 3.89. The van der Waals surface area contributed by atoms with E-state index in [0.717, 1.165) is 11.3 Å². The number of fused-ring (bicyclic) bond motifs is 1. The second kappa shape index (κ2) is 5.88. The van der Waals surface area contributed by atoms with Crippen molar-refractivity contribution in [2.24, 2.45) is 7.05 Å². The average molecular weight is 326 g/mol. The predicted molar refractivity (Wildman–Crippen MR) is 85.5 cm³/mol. The maximum atomic E-state index is 14.0. The molecule has 0 unspecified atom stereocenters. The molecule has 0 saturated carbocycles. The Kier molecular flexibility index (Phi) is 3.57. The molecule has 2 aromatic carbocycles. The van der Waals surface area contributed by atoms with E-state index in [9.17, 15) is 4.39 Å². The molecule has 3 aromatic rings. The van der Waals surface area contributed by atoms with E-state index >= 15 is 0 Å². The second-order valence-electron chi connectivity index (χ2n) is 5.48. The summed E-state index contributed by atoms with van der Waals surface area (Å²) in [4.78, 5) is 0. The van der Waals surface area contributed by atoms with Crippen molar-refractivity contribution in [3.05, 3.63) is 60.2 Å². The smallest absolute Gasteiger partial charge is 0.231 e. The molecular weight excluding hydrogens is 311 g/mol. The molecule has 0 saturated heterocycles. The summed E-state index contributed by atoms with van der Waals surface area (Å²) in [6.07, 6.45) is 1.70. The van der Waals surface area contributed by atoms with Gasteiger partial charge in [-0.05, 0) is 41.5 Å². The molecule has 0 fully saturated rings. The van der Waals surface area contributed by atoms with Gasteiger partial charge < -0.3 is 14.2 Å². The van der Waals surface area contributed by atoms with Crippen molar-refractivity contribution in [3.63, 3.8) is 0 Å². The molecule has 0 radical (unpaired) electrons. The predicted octanol–water partition coefficient (Wildman–Crippen LogP) is 3.53. The third-order valence-corrected chi connectivity index (χ3v) is 3.89. The zero-order valence-electron chi connectivity index (χ0n) is 13.0. The van der Waals surface area contributed by atoms with E-state index in [1.54, 1.807) is 16.9 Å².